The minimum Gasteiger partial charge on any atom is -0.497 e. The number of fused-ring (bicyclic) bond motifs is 6. The molecule has 1 fully saturated rings. The highest BCUT2D eigenvalue weighted by Crippen LogP contribution is 2.62. The molecule has 1 N–H and O–H groups in total. The number of nitrogens with one attached hydrogen (secondary N) is 1. The molecule has 0 aliphatic carbocycles. The summed E-state index contributed by atoms with van der Waals surface area (Å²) in [5.41, 5.74) is 1.83. The van der Waals surface area contributed by atoms with Crippen molar-refractivity contribution in [3.05, 3.63) is 119 Å². The molecule has 3 aliphatic rings. The maximum Gasteiger partial charge on any atom is 0.238 e. The number of para-hydroxylation sites is 1. The molecule has 0 saturated carbocycles. The van der Waals surface area contributed by atoms with E-state index in [1.54, 1.807) is 30.3 Å². The van der Waals surface area contributed by atoms with Gasteiger partial charge in [-0.15, -0.1) is 0 Å². The third-order valence-electron chi connectivity index (χ3n) is 8.56. The van der Waals surface area contributed by atoms with E-state index in [0.29, 0.717) is 22.7 Å². The molecule has 0 unspecified atom stereocenters. The summed E-state index contributed by atoms with van der Waals surface area (Å²) in [5, 5.41) is 3.04. The zero-order chi connectivity index (χ0) is 28.3. The van der Waals surface area contributed by atoms with E-state index in [4.69, 9.17) is 13.9 Å². The first kappa shape index (κ1) is 24.9. The molecule has 4 aromatic rings. The van der Waals surface area contributed by atoms with Crippen molar-refractivity contribution in [2.45, 2.75) is 17.5 Å². The summed E-state index contributed by atoms with van der Waals surface area (Å²) in [6, 6.07) is 21.6. The van der Waals surface area contributed by atoms with Crippen LogP contribution in [0, 0.1) is 5.92 Å². The van der Waals surface area contributed by atoms with Gasteiger partial charge in [0.15, 0.2) is 11.5 Å². The number of carbonyl (C=O) groups excluding carboxylic acids is 3. The fourth-order valence-electron chi connectivity index (χ4n) is 6.91. The van der Waals surface area contributed by atoms with Crippen LogP contribution in [0.3, 0.4) is 0 Å². The highest BCUT2D eigenvalue weighted by molar-refractivity contribution is 6.17. The summed E-state index contributed by atoms with van der Waals surface area (Å²) >= 11 is 0. The summed E-state index contributed by atoms with van der Waals surface area (Å²) in [6.07, 6.45) is 5.17. The Hall–Kier alpha value is -5.11. The monoisotopic (exact) mass is 546 g/mol. The second-order valence-electron chi connectivity index (χ2n) is 10.4. The van der Waals surface area contributed by atoms with Gasteiger partial charge >= 0.3 is 0 Å². The molecule has 8 nitrogen and oxygen atoms in total. The number of nitrogens with zero attached hydrogens (tertiary/aromatic N) is 1. The van der Waals surface area contributed by atoms with Crippen molar-refractivity contribution in [1.29, 1.82) is 0 Å². The van der Waals surface area contributed by atoms with Crippen LogP contribution in [-0.2, 0) is 10.2 Å². The Bertz CT molecular complexity index is 1740. The maximum absolute atomic E-state index is 15.0. The van der Waals surface area contributed by atoms with E-state index < -0.39 is 35.0 Å². The van der Waals surface area contributed by atoms with E-state index in [2.05, 4.69) is 5.32 Å². The summed E-state index contributed by atoms with van der Waals surface area (Å²) < 4.78 is 16.6. The fourth-order valence-corrected chi connectivity index (χ4v) is 6.91. The Balaban J connectivity index is 1.56. The number of ether oxygens (including phenoxy) is 2. The minimum absolute atomic E-state index is 0.111. The predicted molar refractivity (Wildman–Crippen MR) is 151 cm³/mol. The second-order valence-corrected chi connectivity index (χ2v) is 10.4. The lowest BCUT2D eigenvalue weighted by Gasteiger charge is -2.38. The predicted octanol–water partition coefficient (Wildman–Crippen LogP) is 5.28. The SMILES string of the molecule is COc1ccc(OC)c(C(=O)[C@@H]2[C@H](C(=O)c3ccco3)N3C=Cc4ccccc4[C@H]3[C@@]23C(=O)Nc2ccccc23)c1. The van der Waals surface area contributed by atoms with Crippen LogP contribution in [0.15, 0.2) is 95.7 Å². The Labute approximate surface area is 236 Å². The van der Waals surface area contributed by atoms with Crippen molar-refractivity contribution in [2.75, 3.05) is 19.5 Å². The van der Waals surface area contributed by atoms with E-state index in [9.17, 15) is 9.59 Å². The van der Waals surface area contributed by atoms with Gasteiger partial charge in [-0.3, -0.25) is 14.4 Å². The zero-order valence-corrected chi connectivity index (χ0v) is 22.4. The smallest absolute Gasteiger partial charge is 0.238 e. The Morgan fingerprint density at radius 1 is 0.927 bits per heavy atom. The molecule has 41 heavy (non-hydrogen) atoms. The Morgan fingerprint density at radius 3 is 2.51 bits per heavy atom. The molecule has 3 aromatic carbocycles. The van der Waals surface area contributed by atoms with Gasteiger partial charge in [-0.05, 0) is 59.2 Å². The number of Topliss-reactive ketones (excluding diaryl/α,β-unsaturated/α-hetero) is 2. The lowest BCUT2D eigenvalue weighted by molar-refractivity contribution is -0.122. The molecule has 1 spiro atoms. The lowest BCUT2D eigenvalue weighted by Crippen LogP contribution is -2.49. The third-order valence-corrected chi connectivity index (χ3v) is 8.56. The third kappa shape index (κ3) is 3.37. The number of amides is 1. The van der Waals surface area contributed by atoms with E-state index >= 15 is 4.79 Å². The molecule has 3 aliphatic heterocycles. The second kappa shape index (κ2) is 9.23. The van der Waals surface area contributed by atoms with E-state index in [0.717, 1.165) is 11.1 Å². The number of methoxy groups -OCH3 is 2. The first-order valence-corrected chi connectivity index (χ1v) is 13.3. The number of carbonyl (C=O) groups is 3. The Kier molecular flexibility index (Phi) is 5.61. The van der Waals surface area contributed by atoms with Crippen molar-refractivity contribution >= 4 is 29.2 Å². The maximum atomic E-state index is 15.0. The molecule has 4 atom stereocenters. The molecular weight excluding hydrogens is 520 g/mol. The highest BCUT2D eigenvalue weighted by Gasteiger charge is 2.71. The van der Waals surface area contributed by atoms with Crippen LogP contribution in [0.5, 0.6) is 11.5 Å². The van der Waals surface area contributed by atoms with Gasteiger partial charge in [0.05, 0.1) is 38.0 Å². The van der Waals surface area contributed by atoms with Crippen LogP contribution in [-0.4, -0.2) is 42.6 Å². The molecule has 1 saturated heterocycles. The van der Waals surface area contributed by atoms with Crippen molar-refractivity contribution in [1.82, 2.24) is 4.90 Å². The first-order chi connectivity index (χ1) is 20.0. The van der Waals surface area contributed by atoms with Crippen molar-refractivity contribution in [3.63, 3.8) is 0 Å². The van der Waals surface area contributed by atoms with Gasteiger partial charge in [0, 0.05) is 11.9 Å². The summed E-state index contributed by atoms with van der Waals surface area (Å²) in [5.74, 6) is -1.40. The van der Waals surface area contributed by atoms with Crippen molar-refractivity contribution < 1.29 is 28.3 Å². The Morgan fingerprint density at radius 2 is 1.73 bits per heavy atom. The first-order valence-electron chi connectivity index (χ1n) is 13.3. The van der Waals surface area contributed by atoms with Crippen LogP contribution in [0.2, 0.25) is 0 Å². The largest absolute Gasteiger partial charge is 0.497 e. The average molecular weight is 547 g/mol. The molecule has 0 bridgehead atoms. The molecule has 7 rings (SSSR count). The van der Waals surface area contributed by atoms with Gasteiger partial charge in [0.2, 0.25) is 11.7 Å². The van der Waals surface area contributed by atoms with Gasteiger partial charge in [0.25, 0.3) is 0 Å². The number of anilines is 1. The van der Waals surface area contributed by atoms with Crippen LogP contribution in [0.1, 0.15) is 43.6 Å². The molecular formula is C33H26N2O6. The van der Waals surface area contributed by atoms with Crippen LogP contribution in [0.4, 0.5) is 5.69 Å². The number of hydrogen-bond acceptors (Lipinski definition) is 7. The van der Waals surface area contributed by atoms with Gasteiger partial charge in [-0.25, -0.2) is 0 Å². The summed E-state index contributed by atoms with van der Waals surface area (Å²) in [6.45, 7) is 0. The quantitative estimate of drug-likeness (QED) is 0.329. The van der Waals surface area contributed by atoms with Crippen molar-refractivity contribution in [2.24, 2.45) is 5.92 Å². The van der Waals surface area contributed by atoms with Gasteiger partial charge in [-0.2, -0.15) is 0 Å². The summed E-state index contributed by atoms with van der Waals surface area (Å²) in [7, 11) is 2.99. The van der Waals surface area contributed by atoms with Crippen LogP contribution in [0.25, 0.3) is 6.08 Å². The highest BCUT2D eigenvalue weighted by atomic mass is 16.5. The number of hydrogen-bond donors (Lipinski definition) is 1. The van der Waals surface area contributed by atoms with Gasteiger partial charge < -0.3 is 24.1 Å². The standard InChI is InChI=1S/C33H26N2O6/c1-39-20-13-14-25(40-2)22(18-20)29(36)27-28(30(37)26-12-7-17-41-26)35-16-15-19-8-3-4-9-21(19)31(35)33(27)23-10-5-6-11-24(23)34-32(33)38/h3-18,27-28,31H,1-2H3,(H,34,38)/t27-,28+,31-,33-/m0/s1. The van der Waals surface area contributed by atoms with Gasteiger partial charge in [-0.1, -0.05) is 42.5 Å². The molecule has 1 amide bonds. The number of furan rings is 1. The number of ketones is 2. The number of benzene rings is 3. The van der Waals surface area contributed by atoms with Crippen LogP contribution < -0.4 is 14.8 Å². The van der Waals surface area contributed by atoms with Crippen molar-refractivity contribution in [3.8, 4) is 11.5 Å². The normalized spacial score (nSPS) is 23.5. The van der Waals surface area contributed by atoms with E-state index in [1.807, 2.05) is 65.7 Å². The topological polar surface area (TPSA) is 98.1 Å². The molecule has 8 heteroatoms. The molecule has 1 aromatic heterocycles. The molecule has 4 heterocycles. The molecule has 204 valence electrons. The fraction of sp³-hybridized carbons (Fsp3) is 0.182. The average Bonchev–Trinajstić information content (AvgIpc) is 3.73. The molecule has 0 radical (unpaired) electrons. The van der Waals surface area contributed by atoms with Gasteiger partial charge in [0.1, 0.15) is 23.0 Å². The van der Waals surface area contributed by atoms with Crippen LogP contribution >= 0.6 is 0 Å². The minimum atomic E-state index is -1.45. The number of rotatable bonds is 6. The zero-order valence-electron chi connectivity index (χ0n) is 22.4. The van der Waals surface area contributed by atoms with E-state index in [1.165, 1.54) is 20.5 Å². The lowest BCUT2D eigenvalue weighted by atomic mass is 9.62. The summed E-state index contributed by atoms with van der Waals surface area (Å²) in [4.78, 5) is 45.7. The van der Waals surface area contributed by atoms with E-state index in [-0.39, 0.29) is 17.2 Å².